The van der Waals surface area contributed by atoms with Crippen molar-refractivity contribution in [3.05, 3.63) is 123 Å². The highest BCUT2D eigenvalue weighted by molar-refractivity contribution is 5.39. The van der Waals surface area contributed by atoms with Crippen LogP contribution in [0.15, 0.2) is 91.0 Å². The molecule has 150 valence electrons. The van der Waals surface area contributed by atoms with Crippen LogP contribution in [-0.4, -0.2) is 10.0 Å². The Kier molecular flexibility index (Phi) is 7.15. The van der Waals surface area contributed by atoms with E-state index in [0.29, 0.717) is 12.0 Å². The summed E-state index contributed by atoms with van der Waals surface area (Å²) in [6.07, 6.45) is 3.66. The zero-order valence-electron chi connectivity index (χ0n) is 16.7. The van der Waals surface area contributed by atoms with E-state index in [-0.39, 0.29) is 11.6 Å². The van der Waals surface area contributed by atoms with Crippen molar-refractivity contribution in [1.29, 1.82) is 0 Å². The van der Waals surface area contributed by atoms with Gasteiger partial charge in [-0.1, -0.05) is 66.5 Å². The molecular formula is C26H23NO3. The average Bonchev–Trinajstić information content (AvgIpc) is 2.77. The van der Waals surface area contributed by atoms with Crippen molar-refractivity contribution >= 4 is 5.69 Å². The normalized spacial score (nSPS) is 12.7. The third kappa shape index (κ3) is 5.44. The first-order valence-corrected chi connectivity index (χ1v) is 9.75. The zero-order chi connectivity index (χ0) is 21.3. The molecule has 0 spiro atoms. The molecule has 0 fully saturated rings. The first kappa shape index (κ1) is 21.0. The number of rotatable bonds is 6. The minimum Gasteiger partial charge on any atom is -0.387 e. The maximum absolute atomic E-state index is 11.1. The number of aliphatic hydroxyl groups excluding tert-OH is 1. The quantitative estimate of drug-likeness (QED) is 0.250. The van der Waals surface area contributed by atoms with E-state index in [9.17, 15) is 15.2 Å². The minimum atomic E-state index is -0.828. The molecule has 0 aliphatic carbocycles. The van der Waals surface area contributed by atoms with Gasteiger partial charge < -0.3 is 5.11 Å². The van der Waals surface area contributed by atoms with Crippen molar-refractivity contribution in [3.8, 4) is 11.8 Å². The summed E-state index contributed by atoms with van der Waals surface area (Å²) >= 11 is 0. The van der Waals surface area contributed by atoms with Crippen molar-refractivity contribution in [1.82, 2.24) is 0 Å². The van der Waals surface area contributed by atoms with Crippen LogP contribution < -0.4 is 0 Å². The van der Waals surface area contributed by atoms with Gasteiger partial charge in [-0.15, -0.1) is 0 Å². The molecule has 0 saturated heterocycles. The Morgan fingerprint density at radius 1 is 1.00 bits per heavy atom. The van der Waals surface area contributed by atoms with E-state index in [1.807, 2.05) is 73.7 Å². The number of hydrogen-bond acceptors (Lipinski definition) is 3. The third-order valence-corrected chi connectivity index (χ3v) is 4.90. The summed E-state index contributed by atoms with van der Waals surface area (Å²) in [4.78, 5) is 10.5. The van der Waals surface area contributed by atoms with Crippen molar-refractivity contribution in [2.75, 3.05) is 0 Å². The van der Waals surface area contributed by atoms with Gasteiger partial charge in [0.1, 0.15) is 0 Å². The number of non-ortho nitro benzene ring substituents is 1. The summed E-state index contributed by atoms with van der Waals surface area (Å²) in [5, 5.41) is 22.0. The van der Waals surface area contributed by atoms with E-state index in [1.54, 1.807) is 12.1 Å². The highest BCUT2D eigenvalue weighted by atomic mass is 16.6. The molecule has 0 bridgehead atoms. The lowest BCUT2D eigenvalue weighted by Gasteiger charge is -2.22. The highest BCUT2D eigenvalue weighted by Gasteiger charge is 2.22. The molecule has 0 unspecified atom stereocenters. The van der Waals surface area contributed by atoms with Gasteiger partial charge >= 0.3 is 0 Å². The first-order chi connectivity index (χ1) is 14.6. The second-order valence-electron chi connectivity index (χ2n) is 6.98. The number of nitro groups is 1. The van der Waals surface area contributed by atoms with E-state index in [0.717, 1.165) is 16.7 Å². The fourth-order valence-electron chi connectivity index (χ4n) is 3.29. The number of nitro benzene ring substituents is 1. The van der Waals surface area contributed by atoms with Crippen LogP contribution in [0, 0.1) is 28.9 Å². The monoisotopic (exact) mass is 397 g/mol. The van der Waals surface area contributed by atoms with Crippen LogP contribution in [0.3, 0.4) is 0 Å². The van der Waals surface area contributed by atoms with Gasteiger partial charge in [0.25, 0.3) is 5.69 Å². The SMILES string of the molecule is Cc1ccccc1[C@H](/C=C\CC#Cc1ccccc1)[C@@H](O)c1ccc([N+](=O)[O-])cc1. The number of hydrogen-bond donors (Lipinski definition) is 1. The fourth-order valence-corrected chi connectivity index (χ4v) is 3.29. The molecule has 30 heavy (non-hydrogen) atoms. The van der Waals surface area contributed by atoms with E-state index in [2.05, 4.69) is 11.8 Å². The molecule has 4 nitrogen and oxygen atoms in total. The van der Waals surface area contributed by atoms with Crippen molar-refractivity contribution in [2.45, 2.75) is 25.4 Å². The Bertz CT molecular complexity index is 1080. The van der Waals surface area contributed by atoms with Crippen molar-refractivity contribution in [3.63, 3.8) is 0 Å². The first-order valence-electron chi connectivity index (χ1n) is 9.75. The molecule has 0 heterocycles. The standard InChI is InChI=1S/C26H23NO3/c1-20-10-8-9-14-24(20)25(15-7-3-6-13-21-11-4-2-5-12-21)26(28)22-16-18-23(19-17-22)27(29)30/h2,4-5,7-12,14-19,25-26,28H,3H2,1H3/b15-7-/t25-,26-/m0/s1. The lowest BCUT2D eigenvalue weighted by Crippen LogP contribution is -2.10. The lowest BCUT2D eigenvalue weighted by atomic mass is 9.86. The van der Waals surface area contributed by atoms with Crippen LogP contribution in [-0.2, 0) is 0 Å². The van der Waals surface area contributed by atoms with Gasteiger partial charge in [0.05, 0.1) is 11.0 Å². The summed E-state index contributed by atoms with van der Waals surface area (Å²) in [6.45, 7) is 2.01. The smallest absolute Gasteiger partial charge is 0.269 e. The molecule has 4 heteroatoms. The van der Waals surface area contributed by atoms with E-state index in [4.69, 9.17) is 0 Å². The fraction of sp³-hybridized carbons (Fsp3) is 0.154. The van der Waals surface area contributed by atoms with Crippen LogP contribution >= 0.6 is 0 Å². The van der Waals surface area contributed by atoms with E-state index in [1.165, 1.54) is 12.1 Å². The number of allylic oxidation sites excluding steroid dienone is 1. The van der Waals surface area contributed by atoms with Crippen LogP contribution in [0.2, 0.25) is 0 Å². The largest absolute Gasteiger partial charge is 0.387 e. The summed E-state index contributed by atoms with van der Waals surface area (Å²) in [5.41, 5.74) is 3.69. The van der Waals surface area contributed by atoms with Gasteiger partial charge in [-0.2, -0.15) is 0 Å². The van der Waals surface area contributed by atoms with Gasteiger partial charge in [-0.3, -0.25) is 10.1 Å². The Hall–Kier alpha value is -3.68. The molecule has 3 rings (SSSR count). The molecular weight excluding hydrogens is 374 g/mol. The Balaban J connectivity index is 1.82. The zero-order valence-corrected chi connectivity index (χ0v) is 16.7. The van der Waals surface area contributed by atoms with Crippen molar-refractivity contribution < 1.29 is 10.0 Å². The topological polar surface area (TPSA) is 63.4 Å². The number of nitrogens with zero attached hydrogens (tertiary/aromatic N) is 1. The molecule has 0 aliphatic heterocycles. The van der Waals surface area contributed by atoms with Crippen LogP contribution in [0.1, 0.15) is 40.7 Å². The second-order valence-corrected chi connectivity index (χ2v) is 6.98. The molecule has 0 saturated carbocycles. The molecule has 3 aromatic carbocycles. The van der Waals surface area contributed by atoms with Gasteiger partial charge in [-0.25, -0.2) is 0 Å². The highest BCUT2D eigenvalue weighted by Crippen LogP contribution is 2.34. The van der Waals surface area contributed by atoms with Crippen LogP contribution in [0.25, 0.3) is 0 Å². The molecule has 0 amide bonds. The maximum atomic E-state index is 11.1. The summed E-state index contributed by atoms with van der Waals surface area (Å²) in [7, 11) is 0. The Morgan fingerprint density at radius 3 is 2.33 bits per heavy atom. The summed E-state index contributed by atoms with van der Waals surface area (Å²) in [6, 6.07) is 23.8. The third-order valence-electron chi connectivity index (χ3n) is 4.90. The van der Waals surface area contributed by atoms with Gasteiger partial charge in [0, 0.05) is 30.0 Å². The predicted molar refractivity (Wildman–Crippen MR) is 119 cm³/mol. The molecule has 3 aromatic rings. The van der Waals surface area contributed by atoms with E-state index >= 15 is 0 Å². The predicted octanol–water partition coefficient (Wildman–Crippen LogP) is 5.72. The molecule has 0 aliphatic rings. The van der Waals surface area contributed by atoms with Crippen LogP contribution in [0.4, 0.5) is 5.69 Å². The Morgan fingerprint density at radius 2 is 1.67 bits per heavy atom. The van der Waals surface area contributed by atoms with Gasteiger partial charge in [0.15, 0.2) is 0 Å². The van der Waals surface area contributed by atoms with Crippen LogP contribution in [0.5, 0.6) is 0 Å². The van der Waals surface area contributed by atoms with Gasteiger partial charge in [0.2, 0.25) is 0 Å². The molecule has 0 radical (unpaired) electrons. The number of benzene rings is 3. The van der Waals surface area contributed by atoms with Gasteiger partial charge in [-0.05, 0) is 47.9 Å². The summed E-state index contributed by atoms with van der Waals surface area (Å²) < 4.78 is 0. The van der Waals surface area contributed by atoms with E-state index < -0.39 is 11.0 Å². The molecule has 0 aromatic heterocycles. The molecule has 1 N–H and O–H groups in total. The minimum absolute atomic E-state index is 0.00474. The second kappa shape index (κ2) is 10.2. The lowest BCUT2D eigenvalue weighted by molar-refractivity contribution is -0.384. The average molecular weight is 397 g/mol. The number of aryl methyl sites for hydroxylation is 1. The Labute approximate surface area is 176 Å². The van der Waals surface area contributed by atoms with Crippen molar-refractivity contribution in [2.24, 2.45) is 0 Å². The number of aliphatic hydroxyl groups is 1. The summed E-state index contributed by atoms with van der Waals surface area (Å²) in [5.74, 6) is 5.96. The molecule has 2 atom stereocenters. The maximum Gasteiger partial charge on any atom is 0.269 e.